The van der Waals surface area contributed by atoms with Gasteiger partial charge < -0.3 is 15.0 Å². The lowest BCUT2D eigenvalue weighted by Crippen LogP contribution is -2.45. The number of H-pyrrole nitrogens is 1. The Bertz CT molecular complexity index is 611. The zero-order valence-corrected chi connectivity index (χ0v) is 12.1. The molecule has 1 saturated heterocycles. The lowest BCUT2D eigenvalue weighted by molar-refractivity contribution is -0.128. The van der Waals surface area contributed by atoms with Crippen LogP contribution in [0.15, 0.2) is 18.2 Å². The second-order valence-corrected chi connectivity index (χ2v) is 4.68. The third-order valence-corrected chi connectivity index (χ3v) is 3.23. The molecule has 0 radical (unpaired) electrons. The Balaban J connectivity index is 0.00000147. The maximum atomic E-state index is 12.0. The van der Waals surface area contributed by atoms with Crippen LogP contribution in [0.25, 0.3) is 11.0 Å². The molecule has 0 saturated carbocycles. The Labute approximate surface area is 126 Å². The number of benzene rings is 1. The van der Waals surface area contributed by atoms with Crippen LogP contribution in [-0.2, 0) is 9.53 Å². The topological polar surface area (TPSA) is 79.0 Å². The van der Waals surface area contributed by atoms with E-state index in [1.165, 1.54) is 0 Å². The number of aromatic nitrogens is 2. The van der Waals surface area contributed by atoms with Crippen LogP contribution in [0.4, 0.5) is 5.95 Å². The smallest absolute Gasteiger partial charge is 0.257 e. The number of rotatable bonds is 2. The quantitative estimate of drug-likeness (QED) is 0.785. The molecule has 1 amide bonds. The van der Waals surface area contributed by atoms with Crippen molar-refractivity contribution in [1.82, 2.24) is 15.3 Å². The van der Waals surface area contributed by atoms with Gasteiger partial charge in [-0.3, -0.25) is 10.1 Å². The van der Waals surface area contributed by atoms with Gasteiger partial charge >= 0.3 is 0 Å². The first-order valence-electron chi connectivity index (χ1n) is 6.01. The maximum absolute atomic E-state index is 12.0. The second kappa shape index (κ2) is 6.41. The highest BCUT2D eigenvalue weighted by Crippen LogP contribution is 2.22. The molecule has 0 unspecified atom stereocenters. The minimum Gasteiger partial charge on any atom is -0.366 e. The van der Waals surface area contributed by atoms with Gasteiger partial charge in [-0.1, -0.05) is 17.7 Å². The van der Waals surface area contributed by atoms with Crippen molar-refractivity contribution in [3.05, 3.63) is 23.2 Å². The van der Waals surface area contributed by atoms with Crippen LogP contribution < -0.4 is 10.6 Å². The van der Waals surface area contributed by atoms with Crippen LogP contribution in [-0.4, -0.2) is 41.7 Å². The van der Waals surface area contributed by atoms with Gasteiger partial charge in [-0.2, -0.15) is 0 Å². The molecule has 6 nitrogen and oxygen atoms in total. The summed E-state index contributed by atoms with van der Waals surface area (Å²) in [5.41, 5.74) is 1.42. The Morgan fingerprint density at radius 1 is 1.50 bits per heavy atom. The summed E-state index contributed by atoms with van der Waals surface area (Å²) in [5.74, 6) is 0.157. The fourth-order valence-electron chi connectivity index (χ4n) is 1.99. The van der Waals surface area contributed by atoms with Crippen molar-refractivity contribution in [2.75, 3.05) is 25.0 Å². The van der Waals surface area contributed by atoms with Gasteiger partial charge in [0, 0.05) is 13.1 Å². The molecular weight excluding hydrogens is 303 g/mol. The molecule has 1 fully saturated rings. The van der Waals surface area contributed by atoms with Crippen LogP contribution in [0.3, 0.4) is 0 Å². The zero-order chi connectivity index (χ0) is 13.2. The molecule has 3 rings (SSSR count). The molecule has 0 bridgehead atoms. The number of ether oxygens (including phenoxy) is 1. The summed E-state index contributed by atoms with van der Waals surface area (Å²) in [6.07, 6.45) is -0.488. The number of aromatic amines is 1. The van der Waals surface area contributed by atoms with Crippen molar-refractivity contribution in [2.45, 2.75) is 6.10 Å². The molecular formula is C12H14Cl2N4O2. The van der Waals surface area contributed by atoms with E-state index < -0.39 is 6.10 Å². The van der Waals surface area contributed by atoms with E-state index in [2.05, 4.69) is 20.6 Å². The number of hydrogen-bond donors (Lipinski definition) is 3. The van der Waals surface area contributed by atoms with Gasteiger partial charge in [0.25, 0.3) is 5.91 Å². The van der Waals surface area contributed by atoms with E-state index in [1.54, 1.807) is 6.07 Å². The minimum atomic E-state index is -0.488. The largest absolute Gasteiger partial charge is 0.366 e. The van der Waals surface area contributed by atoms with Gasteiger partial charge in [0.1, 0.15) is 11.6 Å². The van der Waals surface area contributed by atoms with Crippen molar-refractivity contribution < 1.29 is 9.53 Å². The van der Waals surface area contributed by atoms with Gasteiger partial charge in [-0.15, -0.1) is 12.4 Å². The van der Waals surface area contributed by atoms with E-state index >= 15 is 0 Å². The van der Waals surface area contributed by atoms with Crippen LogP contribution in [0.1, 0.15) is 0 Å². The number of hydrogen-bond acceptors (Lipinski definition) is 4. The number of carbonyl (C=O) groups excluding carboxylic acids is 1. The van der Waals surface area contributed by atoms with Gasteiger partial charge in [0.15, 0.2) is 0 Å². The van der Waals surface area contributed by atoms with Crippen LogP contribution in [0.5, 0.6) is 0 Å². The number of amides is 1. The number of para-hydroxylation sites is 1. The van der Waals surface area contributed by atoms with Crippen LogP contribution in [0.2, 0.25) is 5.02 Å². The fraction of sp³-hybridized carbons (Fsp3) is 0.333. The Morgan fingerprint density at radius 2 is 2.35 bits per heavy atom. The number of nitrogens with zero attached hydrogens (tertiary/aromatic N) is 1. The molecule has 1 atom stereocenters. The van der Waals surface area contributed by atoms with Gasteiger partial charge in [0.05, 0.1) is 17.1 Å². The number of anilines is 1. The molecule has 2 aromatic rings. The average molecular weight is 317 g/mol. The van der Waals surface area contributed by atoms with E-state index in [9.17, 15) is 4.79 Å². The molecule has 3 N–H and O–H groups in total. The Kier molecular flexibility index (Phi) is 4.82. The molecule has 108 valence electrons. The maximum Gasteiger partial charge on any atom is 0.257 e. The van der Waals surface area contributed by atoms with Crippen molar-refractivity contribution in [1.29, 1.82) is 0 Å². The van der Waals surface area contributed by atoms with E-state index in [1.807, 2.05) is 12.1 Å². The highest BCUT2D eigenvalue weighted by molar-refractivity contribution is 6.35. The summed E-state index contributed by atoms with van der Waals surface area (Å²) in [6.45, 7) is 1.81. The third-order valence-electron chi connectivity index (χ3n) is 2.93. The lowest BCUT2D eigenvalue weighted by Gasteiger charge is -2.22. The standard InChI is InChI=1S/C12H13ClN4O2.ClH/c13-7-2-1-3-8-10(7)16-12(15-8)17-11(18)9-6-14-4-5-19-9;/h1-3,9,14H,4-6H2,(H2,15,16,17,18);1H/t9-;/m1./s1. The SMILES string of the molecule is Cl.O=C(Nc1nc2c(Cl)cccc2[nH]1)[C@H]1CNCCO1. The van der Waals surface area contributed by atoms with E-state index in [0.717, 1.165) is 12.1 Å². The molecule has 1 aromatic heterocycles. The fourth-order valence-corrected chi connectivity index (χ4v) is 2.20. The Hall–Kier alpha value is -1.34. The van der Waals surface area contributed by atoms with Gasteiger partial charge in [-0.05, 0) is 12.1 Å². The normalized spacial score (nSPS) is 18.6. The summed E-state index contributed by atoms with van der Waals surface area (Å²) in [7, 11) is 0. The number of halogens is 2. The highest BCUT2D eigenvalue weighted by atomic mass is 35.5. The summed E-state index contributed by atoms with van der Waals surface area (Å²) in [5, 5.41) is 6.34. The number of carbonyl (C=O) groups is 1. The number of nitrogens with one attached hydrogen (secondary N) is 3. The predicted molar refractivity (Wildman–Crippen MR) is 79.6 cm³/mol. The Morgan fingerprint density at radius 3 is 3.05 bits per heavy atom. The van der Waals surface area contributed by atoms with E-state index in [0.29, 0.717) is 29.6 Å². The van der Waals surface area contributed by atoms with Crippen molar-refractivity contribution in [2.24, 2.45) is 0 Å². The molecule has 20 heavy (non-hydrogen) atoms. The van der Waals surface area contributed by atoms with Crippen molar-refractivity contribution >= 4 is 46.9 Å². The first-order chi connectivity index (χ1) is 9.24. The van der Waals surface area contributed by atoms with Gasteiger partial charge in [0.2, 0.25) is 5.95 Å². The molecule has 1 aliphatic heterocycles. The monoisotopic (exact) mass is 316 g/mol. The van der Waals surface area contributed by atoms with Crippen molar-refractivity contribution in [3.63, 3.8) is 0 Å². The molecule has 0 spiro atoms. The minimum absolute atomic E-state index is 0. The second-order valence-electron chi connectivity index (χ2n) is 4.27. The first kappa shape index (κ1) is 15.1. The number of morpholine rings is 1. The number of fused-ring (bicyclic) bond motifs is 1. The summed E-state index contributed by atoms with van der Waals surface area (Å²) in [4.78, 5) is 19.2. The first-order valence-corrected chi connectivity index (χ1v) is 6.39. The highest BCUT2D eigenvalue weighted by Gasteiger charge is 2.22. The molecule has 1 aliphatic rings. The van der Waals surface area contributed by atoms with E-state index in [4.69, 9.17) is 16.3 Å². The summed E-state index contributed by atoms with van der Waals surface area (Å²) in [6, 6.07) is 5.43. The van der Waals surface area contributed by atoms with Crippen LogP contribution in [0, 0.1) is 0 Å². The molecule has 0 aliphatic carbocycles. The molecule has 8 heteroatoms. The predicted octanol–water partition coefficient (Wildman–Crippen LogP) is 1.56. The third kappa shape index (κ3) is 3.04. The van der Waals surface area contributed by atoms with Crippen molar-refractivity contribution in [3.8, 4) is 0 Å². The average Bonchev–Trinajstić information content (AvgIpc) is 2.84. The summed E-state index contributed by atoms with van der Waals surface area (Å²) >= 11 is 6.03. The summed E-state index contributed by atoms with van der Waals surface area (Å²) < 4.78 is 5.37. The van der Waals surface area contributed by atoms with E-state index in [-0.39, 0.29) is 18.3 Å². The van der Waals surface area contributed by atoms with Crippen LogP contribution >= 0.6 is 24.0 Å². The van der Waals surface area contributed by atoms with Gasteiger partial charge in [-0.25, -0.2) is 4.98 Å². The lowest BCUT2D eigenvalue weighted by atomic mass is 10.3. The number of imidazole rings is 1. The molecule has 2 heterocycles. The molecule has 1 aromatic carbocycles. The zero-order valence-electron chi connectivity index (χ0n) is 10.5.